The highest BCUT2D eigenvalue weighted by atomic mass is 32.1. The van der Waals surface area contributed by atoms with Crippen molar-refractivity contribution in [3.05, 3.63) is 72.3 Å². The van der Waals surface area contributed by atoms with Crippen LogP contribution >= 0.6 is 12.2 Å². The zero-order chi connectivity index (χ0) is 50.1. The predicted octanol–water partition coefficient (Wildman–Crippen LogP) is 4.49. The largest absolute Gasteiger partial charge is 0.481 e. The van der Waals surface area contributed by atoms with Gasteiger partial charge in [0, 0.05) is 77.2 Å². The number of carboxylic acids is 3. The summed E-state index contributed by atoms with van der Waals surface area (Å²) in [5, 5.41) is 45.0. The van der Waals surface area contributed by atoms with Crippen molar-refractivity contribution < 1.29 is 58.2 Å². The summed E-state index contributed by atoms with van der Waals surface area (Å²) in [6, 6.07) is 7.99. The number of nitrogens with one attached hydrogen (secondary N) is 6. The third kappa shape index (κ3) is 26.5. The van der Waals surface area contributed by atoms with Gasteiger partial charge in [-0.25, -0.2) is 23.7 Å². The molecule has 4 amide bonds. The Kier molecular flexibility index (Phi) is 28.6. The fourth-order valence-electron chi connectivity index (χ4n) is 6.59. The molecule has 2 aromatic rings. The number of carbonyl (C=O) groups excluding carboxylic acids is 4. The summed E-state index contributed by atoms with van der Waals surface area (Å²) >= 11 is 5.39. The van der Waals surface area contributed by atoms with Gasteiger partial charge in [-0.15, -0.1) is 0 Å². The zero-order valence-electron chi connectivity index (χ0n) is 39.5. The number of carbonyl (C=O) groups is 7. The van der Waals surface area contributed by atoms with Crippen molar-refractivity contribution in [3.8, 4) is 0 Å². The normalized spacial score (nSPS) is 12.3. The van der Waals surface area contributed by atoms with Crippen LogP contribution in [-0.2, 0) is 40.0 Å². The third-order valence-electron chi connectivity index (χ3n) is 10.5. The Bertz CT molecular complexity index is 1960. The Morgan fingerprint density at radius 3 is 1.72 bits per heavy atom. The maximum atomic E-state index is 12.5. The molecule has 0 radical (unpaired) electrons. The maximum absolute atomic E-state index is 12.5. The Balaban J connectivity index is 1.51. The molecule has 0 fully saturated rings. The lowest BCUT2D eigenvalue weighted by molar-refractivity contribution is -0.697. The van der Waals surface area contributed by atoms with E-state index < -0.39 is 54.5 Å². The van der Waals surface area contributed by atoms with Crippen LogP contribution in [0.1, 0.15) is 114 Å². The van der Waals surface area contributed by atoms with Gasteiger partial charge in [0.15, 0.2) is 17.5 Å². The van der Waals surface area contributed by atoms with E-state index in [4.69, 9.17) is 22.1 Å². The molecule has 0 aliphatic heterocycles. The first-order valence-corrected chi connectivity index (χ1v) is 23.6. The van der Waals surface area contributed by atoms with Crippen molar-refractivity contribution in [3.63, 3.8) is 0 Å². The lowest BCUT2D eigenvalue weighted by atomic mass is 10.1. The minimum atomic E-state index is -1.31. The molecule has 374 valence electrons. The molecular weight excluding hydrogens is 897 g/mol. The second-order valence-corrected chi connectivity index (χ2v) is 16.7. The first-order valence-electron chi connectivity index (χ1n) is 23.2. The molecule has 0 aliphatic carbocycles. The number of pyridine rings is 1. The highest BCUT2D eigenvalue weighted by Crippen LogP contribution is 2.15. The molecular formula is C48H71N8O11S+. The number of nitrogens with zero attached hydrogens (tertiary/aromatic N) is 2. The minimum Gasteiger partial charge on any atom is -0.481 e. The number of hydrogen-bond donors (Lipinski definition) is 9. The molecule has 0 saturated heterocycles. The molecule has 0 saturated carbocycles. The number of carboxylic acid groups (broad SMARTS) is 3. The molecule has 0 aliphatic rings. The monoisotopic (exact) mass is 967 g/mol. The van der Waals surface area contributed by atoms with Crippen LogP contribution < -0.4 is 41.4 Å². The van der Waals surface area contributed by atoms with Crippen LogP contribution in [0.2, 0.25) is 0 Å². The quantitative estimate of drug-likeness (QED) is 0.0154. The van der Waals surface area contributed by atoms with Gasteiger partial charge in [-0.3, -0.25) is 14.4 Å². The van der Waals surface area contributed by atoms with Gasteiger partial charge in [-0.1, -0.05) is 43.2 Å². The lowest BCUT2D eigenvalue weighted by Gasteiger charge is -2.19. The molecule has 1 aromatic heterocycles. The van der Waals surface area contributed by atoms with Crippen molar-refractivity contribution in [2.75, 3.05) is 38.6 Å². The van der Waals surface area contributed by atoms with E-state index in [9.17, 15) is 43.8 Å². The second-order valence-electron chi connectivity index (χ2n) is 16.3. The SMILES string of the molecule is C/C=C\OC(=O)[C@H](CCC(=O)O)NC(=O)N[C@@H](CCCCNC(=O)CCCCCCC(=O)NC(CCCCNC(=S)NCCC[n+]1ccc(/C=C/c2ccc(N(C)C)cc2)cc1)C(=O)O)C(=O)O. The number of urea groups is 1. The number of hydrogen-bond acceptors (Lipinski definition) is 10. The first kappa shape index (κ1) is 57.6. The van der Waals surface area contributed by atoms with E-state index in [1.54, 1.807) is 6.92 Å². The van der Waals surface area contributed by atoms with Gasteiger partial charge >= 0.3 is 29.9 Å². The van der Waals surface area contributed by atoms with Crippen LogP contribution in [0.3, 0.4) is 0 Å². The minimum absolute atomic E-state index is 0.0405. The van der Waals surface area contributed by atoms with Crippen molar-refractivity contribution in [2.24, 2.45) is 0 Å². The van der Waals surface area contributed by atoms with Crippen molar-refractivity contribution in [2.45, 2.75) is 128 Å². The number of aryl methyl sites for hydroxylation is 1. The predicted molar refractivity (Wildman–Crippen MR) is 262 cm³/mol. The van der Waals surface area contributed by atoms with E-state index >= 15 is 0 Å². The highest BCUT2D eigenvalue weighted by Gasteiger charge is 2.26. The third-order valence-corrected chi connectivity index (χ3v) is 10.8. The number of esters is 1. The van der Waals surface area contributed by atoms with Crippen LogP contribution in [0, 0.1) is 0 Å². The number of aliphatic carboxylic acids is 3. The summed E-state index contributed by atoms with van der Waals surface area (Å²) in [5.74, 6) is -4.99. The Morgan fingerprint density at radius 2 is 1.16 bits per heavy atom. The van der Waals surface area contributed by atoms with E-state index in [0.717, 1.165) is 36.0 Å². The summed E-state index contributed by atoms with van der Waals surface area (Å²) in [6.45, 7) is 3.98. The summed E-state index contributed by atoms with van der Waals surface area (Å²) in [7, 11) is 4.04. The number of allylic oxidation sites excluding steroid dienone is 1. The summed E-state index contributed by atoms with van der Waals surface area (Å²) in [6.07, 6.45) is 16.3. The fraction of sp³-hybridized carbons (Fsp3) is 0.521. The number of rotatable bonds is 34. The van der Waals surface area contributed by atoms with Crippen LogP contribution in [0.4, 0.5) is 10.5 Å². The molecule has 19 nitrogen and oxygen atoms in total. The number of thiocarbonyl (C=S) groups is 1. The van der Waals surface area contributed by atoms with Gasteiger partial charge in [0.1, 0.15) is 24.7 Å². The molecule has 1 unspecified atom stereocenters. The molecule has 68 heavy (non-hydrogen) atoms. The van der Waals surface area contributed by atoms with Gasteiger partial charge in [0.05, 0.1) is 6.26 Å². The lowest BCUT2D eigenvalue weighted by Crippen LogP contribution is -2.51. The van der Waals surface area contributed by atoms with E-state index in [2.05, 4.69) is 102 Å². The van der Waals surface area contributed by atoms with Gasteiger partial charge < -0.3 is 56.9 Å². The van der Waals surface area contributed by atoms with Crippen LogP contribution in [0.5, 0.6) is 0 Å². The van der Waals surface area contributed by atoms with Gasteiger partial charge in [-0.2, -0.15) is 0 Å². The van der Waals surface area contributed by atoms with Crippen molar-refractivity contribution >= 4 is 76.9 Å². The molecule has 2 rings (SSSR count). The van der Waals surface area contributed by atoms with E-state index in [1.807, 2.05) is 14.1 Å². The molecule has 1 heterocycles. The first-order chi connectivity index (χ1) is 32.6. The Morgan fingerprint density at radius 1 is 0.632 bits per heavy atom. The smallest absolute Gasteiger partial charge is 0.333 e. The van der Waals surface area contributed by atoms with Gasteiger partial charge in [0.25, 0.3) is 0 Å². The zero-order valence-corrected chi connectivity index (χ0v) is 40.3. The molecule has 0 spiro atoms. The van der Waals surface area contributed by atoms with Crippen LogP contribution in [0.15, 0.2) is 61.1 Å². The fourth-order valence-corrected chi connectivity index (χ4v) is 6.80. The van der Waals surface area contributed by atoms with Gasteiger partial charge in [-0.05, 0) is 100 Å². The van der Waals surface area contributed by atoms with Gasteiger partial charge in [0.2, 0.25) is 11.8 Å². The summed E-state index contributed by atoms with van der Waals surface area (Å²) in [4.78, 5) is 85.9. The van der Waals surface area contributed by atoms with E-state index in [1.165, 1.54) is 6.08 Å². The molecule has 3 atom stereocenters. The van der Waals surface area contributed by atoms with Crippen molar-refractivity contribution in [1.29, 1.82) is 0 Å². The summed E-state index contributed by atoms with van der Waals surface area (Å²) in [5.41, 5.74) is 3.42. The second kappa shape index (κ2) is 33.8. The van der Waals surface area contributed by atoms with E-state index in [0.29, 0.717) is 76.1 Å². The number of anilines is 1. The average Bonchev–Trinajstić information content (AvgIpc) is 3.30. The van der Waals surface area contributed by atoms with Crippen LogP contribution in [-0.4, -0.2) is 114 Å². The molecule has 1 aromatic carbocycles. The average molecular weight is 968 g/mol. The maximum Gasteiger partial charge on any atom is 0.333 e. The Hall–Kier alpha value is -6.57. The topological polar surface area (TPSA) is 269 Å². The van der Waals surface area contributed by atoms with Crippen molar-refractivity contribution in [1.82, 2.24) is 31.9 Å². The standard InChI is InChI=1S/C48H70N8O11S/c1-4-34-67-46(65)40(24-25-43(59)60)54-47(66)53-39(45(63)64)15-9-11-28-49-41(57)16-7-5-6-8-17-42(58)52-38(44(61)62)14-10-12-29-50-48(68)51-30-13-31-56-32-26-36(27-33-56)19-18-35-20-22-37(23-21-35)55(2)3/h4,18-23,26-27,32-34,38-40H,5-17,24-25,28-31H2,1-3H3,(H8-,49,50,51,52,53,54,57,58,59,60,61,62,63,64,66,68)/p+1/b34-4-/t38?,39-,40-/m0/s1. The number of unbranched alkanes of at least 4 members (excludes halogenated alkanes) is 5. The van der Waals surface area contributed by atoms with E-state index in [-0.39, 0.29) is 43.9 Å². The number of ether oxygens (including phenoxy) is 1. The molecule has 9 N–H and O–H groups in total. The Labute approximate surface area is 404 Å². The molecule has 20 heteroatoms. The molecule has 0 bridgehead atoms. The number of amides is 4. The number of benzene rings is 1. The highest BCUT2D eigenvalue weighted by molar-refractivity contribution is 7.80. The number of aromatic nitrogens is 1. The van der Waals surface area contributed by atoms with Crippen LogP contribution in [0.25, 0.3) is 12.2 Å². The summed E-state index contributed by atoms with van der Waals surface area (Å²) < 4.78 is 6.95.